The minimum Gasteiger partial charge on any atom is -0.326 e. The molecular formula is C14H18BrN3S. The van der Waals surface area contributed by atoms with E-state index in [1.807, 2.05) is 24.1 Å². The van der Waals surface area contributed by atoms with Gasteiger partial charge in [0.2, 0.25) is 0 Å². The van der Waals surface area contributed by atoms with Crippen molar-refractivity contribution in [2.45, 2.75) is 29.5 Å². The van der Waals surface area contributed by atoms with E-state index in [1.165, 1.54) is 5.56 Å². The minimum absolute atomic E-state index is 0.131. The Morgan fingerprint density at radius 3 is 2.58 bits per heavy atom. The van der Waals surface area contributed by atoms with Gasteiger partial charge in [0.25, 0.3) is 0 Å². The molecule has 0 aliphatic carbocycles. The molecule has 0 fully saturated rings. The largest absolute Gasteiger partial charge is 0.326 e. The zero-order valence-electron chi connectivity index (χ0n) is 11.1. The number of hydrogen-bond acceptors (Lipinski definition) is 3. The van der Waals surface area contributed by atoms with Crippen LogP contribution in [-0.4, -0.2) is 15.8 Å². The molecule has 2 N–H and O–H groups in total. The molecule has 0 saturated carbocycles. The molecule has 0 radical (unpaired) electrons. The maximum atomic E-state index is 6.28. The summed E-state index contributed by atoms with van der Waals surface area (Å²) in [6.45, 7) is 2.13. The molecule has 19 heavy (non-hydrogen) atoms. The molecule has 1 aromatic heterocycles. The molecule has 3 nitrogen and oxygen atoms in total. The van der Waals surface area contributed by atoms with Crippen molar-refractivity contribution in [1.29, 1.82) is 0 Å². The molecule has 0 aliphatic rings. The normalized spacial score (nSPS) is 14.3. The minimum atomic E-state index is 0.131. The Labute approximate surface area is 126 Å². The summed E-state index contributed by atoms with van der Waals surface area (Å²) in [5.74, 6) is 0. The lowest BCUT2D eigenvalue weighted by molar-refractivity contribution is 0.634. The van der Waals surface area contributed by atoms with Crippen molar-refractivity contribution in [3.05, 3.63) is 46.7 Å². The molecule has 5 heteroatoms. The van der Waals surface area contributed by atoms with E-state index in [2.05, 4.69) is 52.2 Å². The second-order valence-corrected chi connectivity index (χ2v) is 6.64. The molecule has 2 atom stereocenters. The number of nitrogens with zero attached hydrogens (tertiary/aromatic N) is 2. The van der Waals surface area contributed by atoms with E-state index in [9.17, 15) is 0 Å². The first kappa shape index (κ1) is 14.6. The standard InChI is InChI=1S/C14H18BrN3S/c1-3-13(16)14(10-4-6-11(15)7-5-10)19-12-8-17-18(2)9-12/h4-9,13-14H,3,16H2,1-2H3. The summed E-state index contributed by atoms with van der Waals surface area (Å²) in [6.07, 6.45) is 4.87. The topological polar surface area (TPSA) is 43.8 Å². The molecule has 0 bridgehead atoms. The zero-order valence-corrected chi connectivity index (χ0v) is 13.5. The molecule has 1 aromatic carbocycles. The summed E-state index contributed by atoms with van der Waals surface area (Å²) in [5, 5.41) is 4.46. The molecular weight excluding hydrogens is 322 g/mol. The molecule has 2 aromatic rings. The number of thioether (sulfide) groups is 1. The van der Waals surface area contributed by atoms with Crippen molar-refractivity contribution in [2.75, 3.05) is 0 Å². The van der Waals surface area contributed by atoms with E-state index < -0.39 is 0 Å². The van der Waals surface area contributed by atoms with Gasteiger partial charge in [0.1, 0.15) is 0 Å². The fourth-order valence-electron chi connectivity index (χ4n) is 1.88. The number of hydrogen-bond donors (Lipinski definition) is 1. The summed E-state index contributed by atoms with van der Waals surface area (Å²) >= 11 is 5.24. The third-order valence-corrected chi connectivity index (χ3v) is 4.89. The van der Waals surface area contributed by atoms with Gasteiger partial charge in [0.15, 0.2) is 0 Å². The van der Waals surface area contributed by atoms with E-state index in [0.717, 1.165) is 15.8 Å². The maximum absolute atomic E-state index is 6.28. The first-order chi connectivity index (χ1) is 9.10. The van der Waals surface area contributed by atoms with Crippen LogP contribution in [0.1, 0.15) is 24.2 Å². The highest BCUT2D eigenvalue weighted by Gasteiger charge is 2.20. The highest BCUT2D eigenvalue weighted by atomic mass is 79.9. The molecule has 2 unspecified atom stereocenters. The molecule has 0 amide bonds. The fraction of sp³-hybridized carbons (Fsp3) is 0.357. The molecule has 0 spiro atoms. The molecule has 2 rings (SSSR count). The molecule has 0 saturated heterocycles. The van der Waals surface area contributed by atoms with Gasteiger partial charge >= 0.3 is 0 Å². The van der Waals surface area contributed by atoms with Crippen LogP contribution in [0.2, 0.25) is 0 Å². The number of aromatic nitrogens is 2. The van der Waals surface area contributed by atoms with E-state index in [-0.39, 0.29) is 11.3 Å². The number of nitrogens with two attached hydrogens (primary N) is 1. The van der Waals surface area contributed by atoms with Crippen molar-refractivity contribution < 1.29 is 0 Å². The van der Waals surface area contributed by atoms with Crippen LogP contribution in [0.25, 0.3) is 0 Å². The first-order valence-electron chi connectivity index (χ1n) is 6.26. The molecule has 0 aliphatic heterocycles. The van der Waals surface area contributed by atoms with Crippen molar-refractivity contribution >= 4 is 27.7 Å². The lowest BCUT2D eigenvalue weighted by Gasteiger charge is -2.22. The van der Waals surface area contributed by atoms with Gasteiger partial charge < -0.3 is 5.73 Å². The number of aryl methyl sites for hydroxylation is 1. The predicted octanol–water partition coefficient (Wildman–Crippen LogP) is 3.75. The summed E-state index contributed by atoms with van der Waals surface area (Å²) in [6, 6.07) is 8.52. The zero-order chi connectivity index (χ0) is 13.8. The quantitative estimate of drug-likeness (QED) is 0.843. The SMILES string of the molecule is CCC(N)C(Sc1cnn(C)c1)c1ccc(Br)cc1. The average Bonchev–Trinajstić information content (AvgIpc) is 2.82. The predicted molar refractivity (Wildman–Crippen MR) is 84.2 cm³/mol. The number of benzene rings is 1. The fourth-order valence-corrected chi connectivity index (χ4v) is 3.41. The first-order valence-corrected chi connectivity index (χ1v) is 7.93. The van der Waals surface area contributed by atoms with Gasteiger partial charge in [0.05, 0.1) is 6.20 Å². The van der Waals surface area contributed by atoms with Crippen molar-refractivity contribution in [1.82, 2.24) is 9.78 Å². The molecule has 1 heterocycles. The van der Waals surface area contributed by atoms with Crippen molar-refractivity contribution in [3.8, 4) is 0 Å². The number of rotatable bonds is 5. The molecule has 102 valence electrons. The van der Waals surface area contributed by atoms with Crippen LogP contribution in [-0.2, 0) is 7.05 Å². The van der Waals surface area contributed by atoms with Crippen LogP contribution in [0.4, 0.5) is 0 Å². The highest BCUT2D eigenvalue weighted by Crippen LogP contribution is 2.38. The maximum Gasteiger partial charge on any atom is 0.0626 e. The van der Waals surface area contributed by atoms with E-state index in [4.69, 9.17) is 5.73 Å². The third kappa shape index (κ3) is 3.84. The Morgan fingerprint density at radius 2 is 2.05 bits per heavy atom. The summed E-state index contributed by atoms with van der Waals surface area (Å²) in [4.78, 5) is 1.15. The van der Waals surface area contributed by atoms with Gasteiger partial charge in [-0.3, -0.25) is 4.68 Å². The Kier molecular flexibility index (Phi) is 5.07. The summed E-state index contributed by atoms with van der Waals surface area (Å²) in [5.41, 5.74) is 7.54. The van der Waals surface area contributed by atoms with Crippen LogP contribution in [0.3, 0.4) is 0 Å². The van der Waals surface area contributed by atoms with Gasteiger partial charge in [-0.15, -0.1) is 11.8 Å². The summed E-state index contributed by atoms with van der Waals surface area (Å²) < 4.78 is 2.91. The van der Waals surface area contributed by atoms with Crippen LogP contribution in [0.15, 0.2) is 46.0 Å². The van der Waals surface area contributed by atoms with E-state index >= 15 is 0 Å². The average molecular weight is 340 g/mol. The van der Waals surface area contributed by atoms with Gasteiger partial charge in [-0.1, -0.05) is 35.0 Å². The van der Waals surface area contributed by atoms with Gasteiger partial charge in [-0.05, 0) is 24.1 Å². The van der Waals surface area contributed by atoms with E-state index in [1.54, 1.807) is 11.8 Å². The summed E-state index contributed by atoms with van der Waals surface area (Å²) in [7, 11) is 1.93. The van der Waals surface area contributed by atoms with Crippen LogP contribution in [0.5, 0.6) is 0 Å². The Morgan fingerprint density at radius 1 is 1.37 bits per heavy atom. The van der Waals surface area contributed by atoms with Gasteiger partial charge in [-0.2, -0.15) is 5.10 Å². The van der Waals surface area contributed by atoms with Crippen LogP contribution < -0.4 is 5.73 Å². The second-order valence-electron chi connectivity index (χ2n) is 4.51. The van der Waals surface area contributed by atoms with Crippen LogP contribution in [0, 0.1) is 0 Å². The van der Waals surface area contributed by atoms with Gasteiger partial charge in [0, 0.05) is 33.9 Å². The van der Waals surface area contributed by atoms with Crippen LogP contribution >= 0.6 is 27.7 Å². The monoisotopic (exact) mass is 339 g/mol. The van der Waals surface area contributed by atoms with Crippen molar-refractivity contribution in [3.63, 3.8) is 0 Å². The van der Waals surface area contributed by atoms with Gasteiger partial charge in [-0.25, -0.2) is 0 Å². The Bertz CT molecular complexity index is 524. The van der Waals surface area contributed by atoms with Crippen molar-refractivity contribution in [2.24, 2.45) is 12.8 Å². The smallest absolute Gasteiger partial charge is 0.0626 e. The lowest BCUT2D eigenvalue weighted by atomic mass is 10.0. The number of halogens is 1. The second kappa shape index (κ2) is 6.59. The van der Waals surface area contributed by atoms with E-state index in [0.29, 0.717) is 0 Å². The third-order valence-electron chi connectivity index (χ3n) is 3.00. The lowest BCUT2D eigenvalue weighted by Crippen LogP contribution is -2.25. The Balaban J connectivity index is 2.23. The Hall–Kier alpha value is -0.780. The highest BCUT2D eigenvalue weighted by molar-refractivity contribution is 9.10.